The van der Waals surface area contributed by atoms with E-state index in [1.165, 1.54) is 52.0 Å². The maximum atomic E-state index is 13.3. The SMILES string of the molecule is CCCO[C@@H]1[C@@H](CC2CCCC2)CCCC[C@H](NC(=O)c2nccc(OC)c2OCOC(C)=O)C(=O)O[C@H]1C. The molecule has 0 bridgehead atoms. The van der Waals surface area contributed by atoms with Crippen LogP contribution in [-0.4, -0.2) is 61.6 Å². The molecule has 1 N–H and O–H groups in total. The van der Waals surface area contributed by atoms with Crippen LogP contribution in [0, 0.1) is 11.8 Å². The summed E-state index contributed by atoms with van der Waals surface area (Å²) in [7, 11) is 1.42. The van der Waals surface area contributed by atoms with Gasteiger partial charge in [-0.2, -0.15) is 0 Å². The Balaban J connectivity index is 1.73. The molecule has 10 heteroatoms. The number of nitrogens with one attached hydrogen (secondary N) is 1. The van der Waals surface area contributed by atoms with Crippen LogP contribution >= 0.6 is 0 Å². The fraction of sp³-hybridized carbons (Fsp3) is 0.724. The van der Waals surface area contributed by atoms with Gasteiger partial charge in [0.1, 0.15) is 12.1 Å². The molecule has 1 saturated carbocycles. The van der Waals surface area contributed by atoms with Crippen molar-refractivity contribution in [1.29, 1.82) is 0 Å². The largest absolute Gasteiger partial charge is 0.493 e. The average Bonchev–Trinajstić information content (AvgIpc) is 3.42. The van der Waals surface area contributed by atoms with Crippen molar-refractivity contribution < 1.29 is 38.1 Å². The zero-order chi connectivity index (χ0) is 28.2. The van der Waals surface area contributed by atoms with Gasteiger partial charge in [-0.25, -0.2) is 9.78 Å². The van der Waals surface area contributed by atoms with Gasteiger partial charge in [-0.15, -0.1) is 0 Å². The lowest BCUT2D eigenvalue weighted by Gasteiger charge is -2.35. The van der Waals surface area contributed by atoms with Crippen molar-refractivity contribution in [2.75, 3.05) is 20.5 Å². The van der Waals surface area contributed by atoms with E-state index in [0.29, 0.717) is 24.9 Å². The number of cyclic esters (lactones) is 1. The number of hydrogen-bond acceptors (Lipinski definition) is 9. The summed E-state index contributed by atoms with van der Waals surface area (Å²) in [5, 5.41) is 2.78. The van der Waals surface area contributed by atoms with E-state index in [0.717, 1.165) is 32.1 Å². The van der Waals surface area contributed by atoms with Gasteiger partial charge in [-0.1, -0.05) is 45.4 Å². The number of pyridine rings is 1. The van der Waals surface area contributed by atoms with Crippen LogP contribution in [0.5, 0.6) is 11.5 Å². The monoisotopic (exact) mass is 548 g/mol. The molecular formula is C29H44N2O8. The molecule has 218 valence electrons. The Morgan fingerprint density at radius 2 is 1.85 bits per heavy atom. The zero-order valence-corrected chi connectivity index (χ0v) is 23.7. The quantitative estimate of drug-likeness (QED) is 0.313. The number of methoxy groups -OCH3 is 1. The number of carbonyl (C=O) groups excluding carboxylic acids is 3. The van der Waals surface area contributed by atoms with Gasteiger partial charge in [0.15, 0.2) is 17.2 Å². The number of esters is 2. The topological polar surface area (TPSA) is 122 Å². The summed E-state index contributed by atoms with van der Waals surface area (Å²) in [6, 6.07) is 0.671. The summed E-state index contributed by atoms with van der Waals surface area (Å²) in [6.07, 6.45) is 11.0. The lowest BCUT2D eigenvalue weighted by molar-refractivity contribution is -0.163. The molecule has 0 spiro atoms. The van der Waals surface area contributed by atoms with E-state index in [9.17, 15) is 14.4 Å². The first-order valence-corrected chi connectivity index (χ1v) is 14.3. The van der Waals surface area contributed by atoms with E-state index >= 15 is 0 Å². The molecule has 4 atom stereocenters. The molecule has 2 heterocycles. The third-order valence-electron chi connectivity index (χ3n) is 7.53. The highest BCUT2D eigenvalue weighted by Gasteiger charge is 2.36. The third-order valence-corrected chi connectivity index (χ3v) is 7.53. The van der Waals surface area contributed by atoms with Crippen molar-refractivity contribution in [3.63, 3.8) is 0 Å². The van der Waals surface area contributed by atoms with Crippen molar-refractivity contribution in [3.05, 3.63) is 18.0 Å². The summed E-state index contributed by atoms with van der Waals surface area (Å²) in [5.41, 5.74) is -0.0831. The van der Waals surface area contributed by atoms with E-state index in [1.807, 2.05) is 6.92 Å². The smallest absolute Gasteiger partial charge is 0.329 e. The molecule has 1 aromatic heterocycles. The summed E-state index contributed by atoms with van der Waals surface area (Å²) >= 11 is 0. The highest BCUT2D eigenvalue weighted by molar-refractivity contribution is 5.98. The Morgan fingerprint density at radius 3 is 2.54 bits per heavy atom. The first-order chi connectivity index (χ1) is 18.8. The molecule has 1 aromatic rings. The summed E-state index contributed by atoms with van der Waals surface area (Å²) in [6.45, 7) is 5.42. The Hall–Kier alpha value is -2.88. The number of amides is 1. The second-order valence-electron chi connectivity index (χ2n) is 10.5. The van der Waals surface area contributed by atoms with Gasteiger partial charge >= 0.3 is 11.9 Å². The number of rotatable bonds is 11. The lowest BCUT2D eigenvalue weighted by atomic mass is 9.83. The summed E-state index contributed by atoms with van der Waals surface area (Å²) in [5.74, 6) is -0.325. The Morgan fingerprint density at radius 1 is 1.13 bits per heavy atom. The Kier molecular flexibility index (Phi) is 12.3. The van der Waals surface area contributed by atoms with Crippen LogP contribution in [-0.2, 0) is 23.8 Å². The fourth-order valence-electron chi connectivity index (χ4n) is 5.63. The third kappa shape index (κ3) is 9.08. The molecule has 1 aliphatic carbocycles. The zero-order valence-electron chi connectivity index (χ0n) is 23.7. The number of nitrogens with zero attached hydrogens (tertiary/aromatic N) is 1. The van der Waals surface area contributed by atoms with Gasteiger partial charge in [-0.3, -0.25) is 9.59 Å². The molecule has 39 heavy (non-hydrogen) atoms. The fourth-order valence-corrected chi connectivity index (χ4v) is 5.63. The molecule has 1 saturated heterocycles. The minimum atomic E-state index is -0.854. The van der Waals surface area contributed by atoms with Crippen LogP contribution < -0.4 is 14.8 Å². The standard InChI is InChI=1S/C29H44N2O8/c1-5-16-36-26-19(2)39-29(34)23(13-9-8-12-22(26)17-21-10-6-7-11-21)31-28(33)25-27(38-18-37-20(3)32)24(35-4)14-15-30-25/h14-15,19,21-23,26H,5-13,16-18H2,1-4H3,(H,31,33)/t19-,22+,23-,26-/m0/s1. The Bertz CT molecular complexity index is 949. The predicted molar refractivity (Wildman–Crippen MR) is 143 cm³/mol. The molecule has 0 aromatic carbocycles. The molecule has 2 aliphatic rings. The second kappa shape index (κ2) is 15.6. The van der Waals surface area contributed by atoms with E-state index < -0.39 is 36.8 Å². The highest BCUT2D eigenvalue weighted by atomic mass is 16.7. The van der Waals surface area contributed by atoms with E-state index in [-0.39, 0.29) is 23.3 Å². The average molecular weight is 549 g/mol. The van der Waals surface area contributed by atoms with Crippen molar-refractivity contribution >= 4 is 17.8 Å². The number of carbonyl (C=O) groups is 3. The molecule has 1 amide bonds. The minimum Gasteiger partial charge on any atom is -0.493 e. The van der Waals surface area contributed by atoms with Crippen LogP contribution in [0.3, 0.4) is 0 Å². The van der Waals surface area contributed by atoms with Crippen LogP contribution in [0.15, 0.2) is 12.3 Å². The molecule has 0 radical (unpaired) electrons. The van der Waals surface area contributed by atoms with Gasteiger partial charge in [0, 0.05) is 25.8 Å². The van der Waals surface area contributed by atoms with Crippen LogP contribution in [0.25, 0.3) is 0 Å². The van der Waals surface area contributed by atoms with Crippen molar-refractivity contribution in [1.82, 2.24) is 10.3 Å². The molecule has 10 nitrogen and oxygen atoms in total. The van der Waals surface area contributed by atoms with Crippen molar-refractivity contribution in [2.45, 2.75) is 103 Å². The van der Waals surface area contributed by atoms with Gasteiger partial charge < -0.3 is 29.0 Å². The first-order valence-electron chi connectivity index (χ1n) is 14.3. The normalized spacial score (nSPS) is 24.5. The lowest BCUT2D eigenvalue weighted by Crippen LogP contribution is -2.46. The molecule has 1 aliphatic heterocycles. The molecule has 3 rings (SSSR count). The van der Waals surface area contributed by atoms with Gasteiger partial charge in [0.2, 0.25) is 6.79 Å². The van der Waals surface area contributed by atoms with Crippen LogP contribution in [0.4, 0.5) is 0 Å². The van der Waals surface area contributed by atoms with E-state index in [4.69, 9.17) is 23.7 Å². The molecule has 2 fully saturated rings. The van der Waals surface area contributed by atoms with Crippen LogP contribution in [0.1, 0.15) is 95.5 Å². The minimum absolute atomic E-state index is 0.0168. The van der Waals surface area contributed by atoms with Crippen molar-refractivity contribution in [3.8, 4) is 11.5 Å². The van der Waals surface area contributed by atoms with Crippen LogP contribution in [0.2, 0.25) is 0 Å². The number of ether oxygens (including phenoxy) is 5. The first kappa shape index (κ1) is 30.7. The maximum absolute atomic E-state index is 13.3. The highest BCUT2D eigenvalue weighted by Crippen LogP contribution is 2.36. The number of hydrogen-bond donors (Lipinski definition) is 1. The molecule has 0 unspecified atom stereocenters. The maximum Gasteiger partial charge on any atom is 0.329 e. The van der Waals surface area contributed by atoms with Gasteiger partial charge in [-0.05, 0) is 44.4 Å². The Labute approximate surface area is 231 Å². The van der Waals surface area contributed by atoms with Crippen molar-refractivity contribution in [2.24, 2.45) is 11.8 Å². The summed E-state index contributed by atoms with van der Waals surface area (Å²) in [4.78, 5) is 41.9. The molecular weight excluding hydrogens is 504 g/mol. The van der Waals surface area contributed by atoms with Gasteiger partial charge in [0.25, 0.3) is 5.91 Å². The van der Waals surface area contributed by atoms with E-state index in [1.54, 1.807) is 0 Å². The number of aromatic nitrogens is 1. The van der Waals surface area contributed by atoms with Gasteiger partial charge in [0.05, 0.1) is 13.2 Å². The van der Waals surface area contributed by atoms with E-state index in [2.05, 4.69) is 17.2 Å². The summed E-state index contributed by atoms with van der Waals surface area (Å²) < 4.78 is 27.9. The second-order valence-corrected chi connectivity index (χ2v) is 10.5. The predicted octanol–water partition coefficient (Wildman–Crippen LogP) is 4.59.